The van der Waals surface area contributed by atoms with Crippen LogP contribution in [0.2, 0.25) is 0 Å². The Labute approximate surface area is 94.4 Å². The van der Waals surface area contributed by atoms with Gasteiger partial charge in [0.1, 0.15) is 0 Å². The highest BCUT2D eigenvalue weighted by atomic mass is 15.1. The summed E-state index contributed by atoms with van der Waals surface area (Å²) >= 11 is 0. The maximum Gasteiger partial charge on any atom is 0.0550 e. The van der Waals surface area contributed by atoms with E-state index in [2.05, 4.69) is 56.8 Å². The predicted molar refractivity (Wildman–Crippen MR) is 69.0 cm³/mol. The molecule has 0 heterocycles. The highest BCUT2D eigenvalue weighted by molar-refractivity contribution is 5.25. The molecule has 1 aromatic carbocycles. The van der Waals surface area contributed by atoms with Crippen molar-refractivity contribution in [1.29, 1.82) is 0 Å². The molecule has 84 valence electrons. The van der Waals surface area contributed by atoms with Gasteiger partial charge in [-0.05, 0) is 26.6 Å². The minimum Gasteiger partial charge on any atom is -0.299 e. The van der Waals surface area contributed by atoms with Gasteiger partial charge in [0, 0.05) is 0 Å². The Morgan fingerprint density at radius 1 is 1.13 bits per heavy atom. The summed E-state index contributed by atoms with van der Waals surface area (Å²) < 4.78 is 0. The molecule has 0 amide bonds. The fraction of sp³-hybridized carbons (Fsp3) is 0.429. The van der Waals surface area contributed by atoms with Gasteiger partial charge >= 0.3 is 0 Å². The molecule has 0 bridgehead atoms. The first-order chi connectivity index (χ1) is 7.13. The van der Waals surface area contributed by atoms with Crippen LogP contribution in [-0.2, 0) is 0 Å². The Morgan fingerprint density at radius 2 is 1.60 bits per heavy atom. The van der Waals surface area contributed by atoms with Crippen molar-refractivity contribution in [2.45, 2.75) is 26.8 Å². The van der Waals surface area contributed by atoms with Gasteiger partial charge in [-0.25, -0.2) is 0 Å². The van der Waals surface area contributed by atoms with E-state index in [0.29, 0.717) is 6.04 Å². The van der Waals surface area contributed by atoms with Gasteiger partial charge in [-0.1, -0.05) is 56.3 Å². The van der Waals surface area contributed by atoms with E-state index in [4.69, 9.17) is 0 Å². The summed E-state index contributed by atoms with van der Waals surface area (Å²) in [4.78, 5) is 2.18. The van der Waals surface area contributed by atoms with Crippen LogP contribution in [-0.4, -0.2) is 19.0 Å². The average molecular weight is 205 g/mol. The lowest BCUT2D eigenvalue weighted by Crippen LogP contribution is -2.20. The zero-order valence-corrected chi connectivity index (χ0v) is 10.6. The van der Waals surface area contributed by atoms with Crippen LogP contribution in [0.15, 0.2) is 42.5 Å². The molecule has 0 radical (unpaired) electrons. The zero-order valence-electron chi connectivity index (χ0n) is 10.6. The molecule has 1 atom stereocenters. The third-order valence-electron chi connectivity index (χ3n) is 2.10. The minimum absolute atomic E-state index is 0.334. The quantitative estimate of drug-likeness (QED) is 0.677. The molecule has 0 saturated heterocycles. The first kappa shape index (κ1) is 13.9. The van der Waals surface area contributed by atoms with Crippen molar-refractivity contribution < 1.29 is 0 Å². The molecule has 15 heavy (non-hydrogen) atoms. The summed E-state index contributed by atoms with van der Waals surface area (Å²) in [7, 11) is 4.15. The normalized spacial score (nSPS) is 11.6. The molecule has 0 aliphatic heterocycles. The molecular weight excluding hydrogens is 182 g/mol. The Kier molecular flexibility index (Phi) is 6.72. The highest BCUT2D eigenvalue weighted by Gasteiger charge is 2.13. The van der Waals surface area contributed by atoms with E-state index in [-0.39, 0.29) is 0 Å². The van der Waals surface area contributed by atoms with Gasteiger partial charge in [-0.2, -0.15) is 0 Å². The molecular formula is C14H23N. The monoisotopic (exact) mass is 205 g/mol. The van der Waals surface area contributed by atoms with E-state index in [0.717, 1.165) is 0 Å². The third-order valence-corrected chi connectivity index (χ3v) is 2.10. The standard InChI is InChI=1S/C12H17N.C2H6/c1-10(2)12(13(3)4)11-8-6-5-7-9-11;1-2/h5-9,12H,1H2,2-4H3;1-2H3. The van der Waals surface area contributed by atoms with E-state index in [1.165, 1.54) is 11.1 Å². The molecule has 1 heteroatoms. The van der Waals surface area contributed by atoms with Crippen molar-refractivity contribution in [3.05, 3.63) is 48.0 Å². The first-order valence-corrected chi connectivity index (χ1v) is 5.49. The van der Waals surface area contributed by atoms with Gasteiger partial charge in [0.25, 0.3) is 0 Å². The second kappa shape index (κ2) is 7.24. The van der Waals surface area contributed by atoms with Crippen LogP contribution < -0.4 is 0 Å². The second-order valence-electron chi connectivity index (χ2n) is 3.62. The van der Waals surface area contributed by atoms with Gasteiger partial charge in [0.15, 0.2) is 0 Å². The zero-order chi connectivity index (χ0) is 11.8. The van der Waals surface area contributed by atoms with E-state index in [9.17, 15) is 0 Å². The Balaban J connectivity index is 0.000000921. The van der Waals surface area contributed by atoms with Gasteiger partial charge in [-0.15, -0.1) is 0 Å². The topological polar surface area (TPSA) is 3.24 Å². The molecule has 1 nitrogen and oxygen atoms in total. The van der Waals surface area contributed by atoms with Crippen LogP contribution >= 0.6 is 0 Å². The number of hydrogen-bond donors (Lipinski definition) is 0. The fourth-order valence-electron chi connectivity index (χ4n) is 1.66. The van der Waals surface area contributed by atoms with Crippen LogP contribution in [0.25, 0.3) is 0 Å². The first-order valence-electron chi connectivity index (χ1n) is 5.49. The average Bonchev–Trinajstić information content (AvgIpc) is 2.21. The fourth-order valence-corrected chi connectivity index (χ4v) is 1.66. The molecule has 1 rings (SSSR count). The number of nitrogens with zero attached hydrogens (tertiary/aromatic N) is 1. The molecule has 0 spiro atoms. The van der Waals surface area contributed by atoms with E-state index >= 15 is 0 Å². The summed E-state index contributed by atoms with van der Waals surface area (Å²) in [5.41, 5.74) is 2.48. The predicted octanol–water partition coefficient (Wildman–Crippen LogP) is 3.89. The van der Waals surface area contributed by atoms with Crippen LogP contribution in [0.1, 0.15) is 32.4 Å². The van der Waals surface area contributed by atoms with E-state index in [1.807, 2.05) is 19.9 Å². The Bertz CT molecular complexity index is 275. The largest absolute Gasteiger partial charge is 0.299 e. The van der Waals surface area contributed by atoms with Crippen molar-refractivity contribution in [2.75, 3.05) is 14.1 Å². The lowest BCUT2D eigenvalue weighted by atomic mass is 10.0. The molecule has 0 aliphatic carbocycles. The van der Waals surface area contributed by atoms with Gasteiger partial charge in [0.05, 0.1) is 6.04 Å². The molecule has 0 aliphatic rings. The summed E-state index contributed by atoms with van der Waals surface area (Å²) in [5.74, 6) is 0. The summed E-state index contributed by atoms with van der Waals surface area (Å²) in [5, 5.41) is 0. The Morgan fingerprint density at radius 3 is 1.93 bits per heavy atom. The van der Waals surface area contributed by atoms with Crippen molar-refractivity contribution in [2.24, 2.45) is 0 Å². The van der Waals surface area contributed by atoms with E-state index in [1.54, 1.807) is 0 Å². The van der Waals surface area contributed by atoms with Gasteiger partial charge in [-0.3, -0.25) is 4.90 Å². The van der Waals surface area contributed by atoms with Crippen molar-refractivity contribution >= 4 is 0 Å². The highest BCUT2D eigenvalue weighted by Crippen LogP contribution is 2.24. The summed E-state index contributed by atoms with van der Waals surface area (Å²) in [6.07, 6.45) is 0. The van der Waals surface area contributed by atoms with Crippen LogP contribution in [0.5, 0.6) is 0 Å². The van der Waals surface area contributed by atoms with Crippen molar-refractivity contribution in [3.8, 4) is 0 Å². The molecule has 0 N–H and O–H groups in total. The summed E-state index contributed by atoms with van der Waals surface area (Å²) in [6.45, 7) is 10.1. The smallest absolute Gasteiger partial charge is 0.0550 e. The van der Waals surface area contributed by atoms with Gasteiger partial charge in [0.2, 0.25) is 0 Å². The minimum atomic E-state index is 0.334. The van der Waals surface area contributed by atoms with Crippen LogP contribution in [0.4, 0.5) is 0 Å². The molecule has 1 unspecified atom stereocenters. The van der Waals surface area contributed by atoms with Crippen molar-refractivity contribution in [3.63, 3.8) is 0 Å². The number of rotatable bonds is 3. The van der Waals surface area contributed by atoms with Crippen LogP contribution in [0, 0.1) is 0 Å². The Hall–Kier alpha value is -1.08. The molecule has 1 aromatic rings. The maximum absolute atomic E-state index is 4.01. The SMILES string of the molecule is C=C(C)C(c1ccccc1)N(C)C.CC. The number of benzene rings is 1. The van der Waals surface area contributed by atoms with E-state index < -0.39 is 0 Å². The number of likely N-dealkylation sites (N-methyl/N-ethyl adjacent to an activating group) is 1. The van der Waals surface area contributed by atoms with Crippen LogP contribution in [0.3, 0.4) is 0 Å². The second-order valence-corrected chi connectivity index (χ2v) is 3.62. The van der Waals surface area contributed by atoms with Gasteiger partial charge < -0.3 is 0 Å². The lowest BCUT2D eigenvalue weighted by molar-refractivity contribution is 0.338. The third kappa shape index (κ3) is 4.30. The lowest BCUT2D eigenvalue weighted by Gasteiger charge is -2.24. The summed E-state index contributed by atoms with van der Waals surface area (Å²) in [6, 6.07) is 10.8. The molecule has 0 aromatic heterocycles. The number of hydrogen-bond acceptors (Lipinski definition) is 1. The molecule has 0 fully saturated rings. The molecule has 0 saturated carbocycles. The maximum atomic E-state index is 4.01. The van der Waals surface area contributed by atoms with Crippen molar-refractivity contribution in [1.82, 2.24) is 4.90 Å².